The first kappa shape index (κ1) is 57.0. The van der Waals surface area contributed by atoms with Crippen LogP contribution >= 0.6 is 11.8 Å². The Bertz CT molecular complexity index is 2160. The molecule has 0 aliphatic carbocycles. The lowest BCUT2D eigenvalue weighted by Gasteiger charge is -2.41. The van der Waals surface area contributed by atoms with Crippen molar-refractivity contribution in [2.45, 2.75) is 69.7 Å². The van der Waals surface area contributed by atoms with Gasteiger partial charge in [0.1, 0.15) is 24.3 Å². The van der Waals surface area contributed by atoms with E-state index in [0.717, 1.165) is 35.5 Å². The third-order valence-electron chi connectivity index (χ3n) is 9.73. The molecule has 0 saturated heterocycles. The number of aliphatic hydroxyl groups excluding tert-OH is 1. The highest BCUT2D eigenvalue weighted by Gasteiger charge is 2.39. The second kappa shape index (κ2) is 26.9. The molecule has 370 valence electrons. The Balaban J connectivity index is 0.00000203. The minimum Gasteiger partial charge on any atom is -0.481 e. The molecule has 4 atom stereocenters. The zero-order chi connectivity index (χ0) is 50.6. The number of halogens is 5. The van der Waals surface area contributed by atoms with Crippen LogP contribution in [-0.2, 0) is 40.1 Å². The summed E-state index contributed by atoms with van der Waals surface area (Å²) in [7, 11) is 2.98. The molecule has 1 aromatic heterocycles. The first-order valence-electron chi connectivity index (χ1n) is 20.5. The SMILES string of the molecule is CNC(CCN(C(=O)CO)C(c1cc(-c2cc(F)ccc2F)cn1Cc1ccccc1)C(C)(C)C)C(=O)NCCNC(=O)CNC(=O)C(CC(=O)O)SC[C@H](NC)C(=O)O.O=C(O)C(F)(F)F. The number of carboxylic acid groups (broad SMARTS) is 3. The van der Waals surface area contributed by atoms with Crippen LogP contribution in [0.1, 0.15) is 50.9 Å². The van der Waals surface area contributed by atoms with Gasteiger partial charge in [-0.3, -0.25) is 28.8 Å². The van der Waals surface area contributed by atoms with Gasteiger partial charge in [0.2, 0.25) is 23.6 Å². The molecule has 0 aliphatic heterocycles. The molecule has 24 heteroatoms. The highest BCUT2D eigenvalue weighted by atomic mass is 32.2. The van der Waals surface area contributed by atoms with Gasteiger partial charge in [-0.1, -0.05) is 51.1 Å². The van der Waals surface area contributed by atoms with E-state index in [1.807, 2.05) is 55.7 Å². The molecular formula is C43H56F5N7O11S. The molecule has 0 saturated carbocycles. The van der Waals surface area contributed by atoms with Crippen LogP contribution in [-0.4, -0.2) is 148 Å². The summed E-state index contributed by atoms with van der Waals surface area (Å²) in [4.78, 5) is 84.8. The normalized spacial score (nSPS) is 13.2. The minimum absolute atomic E-state index is 0.00391. The van der Waals surface area contributed by atoms with Gasteiger partial charge in [0.05, 0.1) is 30.3 Å². The monoisotopic (exact) mass is 973 g/mol. The quantitative estimate of drug-likeness (QED) is 0.0462. The van der Waals surface area contributed by atoms with E-state index >= 15 is 4.39 Å². The Morgan fingerprint density at radius 1 is 0.821 bits per heavy atom. The Morgan fingerprint density at radius 2 is 1.43 bits per heavy atom. The molecule has 0 radical (unpaired) electrons. The zero-order valence-corrected chi connectivity index (χ0v) is 38.1. The van der Waals surface area contributed by atoms with Crippen molar-refractivity contribution in [3.05, 3.63) is 83.7 Å². The Kier molecular flexibility index (Phi) is 22.9. The predicted molar refractivity (Wildman–Crippen MR) is 235 cm³/mol. The average molecular weight is 974 g/mol. The zero-order valence-electron chi connectivity index (χ0n) is 37.3. The highest BCUT2D eigenvalue weighted by Crippen LogP contribution is 2.41. The van der Waals surface area contributed by atoms with Crippen LogP contribution in [0.3, 0.4) is 0 Å². The van der Waals surface area contributed by atoms with Crippen molar-refractivity contribution in [1.29, 1.82) is 0 Å². The summed E-state index contributed by atoms with van der Waals surface area (Å²) < 4.78 is 63.0. The van der Waals surface area contributed by atoms with Gasteiger partial charge >= 0.3 is 24.1 Å². The lowest BCUT2D eigenvalue weighted by atomic mass is 9.82. The number of carboxylic acids is 3. The molecule has 0 fully saturated rings. The fourth-order valence-electron chi connectivity index (χ4n) is 6.51. The number of nitrogens with zero attached hydrogens (tertiary/aromatic N) is 2. The van der Waals surface area contributed by atoms with Crippen LogP contribution in [0.2, 0.25) is 0 Å². The number of carbonyl (C=O) groups excluding carboxylic acids is 4. The van der Waals surface area contributed by atoms with Gasteiger partial charge in [-0.25, -0.2) is 13.6 Å². The molecule has 3 rings (SSSR count). The standard InChI is InChI=1S/C41H55F2N7O9S.C2HF3O2/c1-41(2,3)37(32-17-26(28-18-27(42)11-12-29(28)43)22-49(32)21-25-9-7-6-8-10-25)50(35(53)23-51)16-13-30(44-4)38(56)47-15-14-46-34(52)20-48-39(57)33(19-36(54)55)60-24-31(45-5)40(58)59;3-2(4,5)1(6)7/h6-12,17-18,22,30-31,33,37,44-45,51H,13-16,19-21,23-24H2,1-5H3,(H,46,52)(H,47,56)(H,48,57)(H,54,55)(H,58,59);(H,6,7)/t30?,31-,33?,37?;/m0./s1. The summed E-state index contributed by atoms with van der Waals surface area (Å²) in [6.45, 7) is 4.72. The molecule has 18 nitrogen and oxygen atoms in total. The fourth-order valence-corrected chi connectivity index (χ4v) is 7.74. The maximum Gasteiger partial charge on any atom is 0.490 e. The van der Waals surface area contributed by atoms with Crippen LogP contribution in [0.15, 0.2) is 60.8 Å². The maximum atomic E-state index is 15.1. The lowest BCUT2D eigenvalue weighted by molar-refractivity contribution is -0.192. The van der Waals surface area contributed by atoms with Crippen molar-refractivity contribution in [2.24, 2.45) is 5.41 Å². The van der Waals surface area contributed by atoms with Crippen LogP contribution in [0, 0.1) is 17.0 Å². The van der Waals surface area contributed by atoms with E-state index in [4.69, 9.17) is 9.90 Å². The van der Waals surface area contributed by atoms with E-state index in [0.29, 0.717) is 17.8 Å². The van der Waals surface area contributed by atoms with Crippen LogP contribution in [0.5, 0.6) is 0 Å². The number of amides is 4. The summed E-state index contributed by atoms with van der Waals surface area (Å²) in [5.74, 6) is -8.96. The van der Waals surface area contributed by atoms with E-state index in [9.17, 15) is 61.6 Å². The Morgan fingerprint density at radius 3 is 1.97 bits per heavy atom. The summed E-state index contributed by atoms with van der Waals surface area (Å²) in [6.07, 6.45) is -3.87. The minimum atomic E-state index is -5.08. The smallest absolute Gasteiger partial charge is 0.481 e. The van der Waals surface area contributed by atoms with Crippen molar-refractivity contribution in [3.8, 4) is 11.1 Å². The van der Waals surface area contributed by atoms with Crippen molar-refractivity contribution in [2.75, 3.05) is 52.6 Å². The van der Waals surface area contributed by atoms with Gasteiger partial charge in [-0.05, 0) is 55.8 Å². The topological polar surface area (TPSA) is 269 Å². The summed E-state index contributed by atoms with van der Waals surface area (Å²) in [5.41, 5.74) is 1.28. The van der Waals surface area contributed by atoms with E-state index in [-0.39, 0.29) is 37.4 Å². The number of nitrogens with one attached hydrogen (secondary N) is 5. The molecular weight excluding hydrogens is 918 g/mol. The highest BCUT2D eigenvalue weighted by molar-refractivity contribution is 8.00. The molecule has 4 amide bonds. The molecule has 9 N–H and O–H groups in total. The summed E-state index contributed by atoms with van der Waals surface area (Å²) in [5, 5.41) is 47.6. The molecule has 1 heterocycles. The van der Waals surface area contributed by atoms with Crippen LogP contribution in [0.25, 0.3) is 11.1 Å². The summed E-state index contributed by atoms with van der Waals surface area (Å²) in [6, 6.07) is 11.8. The molecule has 3 unspecified atom stereocenters. The van der Waals surface area contributed by atoms with Gasteiger partial charge < -0.3 is 56.5 Å². The molecule has 3 aromatic rings. The number of hydrogen-bond acceptors (Lipinski definition) is 11. The average Bonchev–Trinajstić information content (AvgIpc) is 3.65. The van der Waals surface area contributed by atoms with Gasteiger partial charge in [-0.2, -0.15) is 13.2 Å². The van der Waals surface area contributed by atoms with Gasteiger partial charge in [0, 0.05) is 54.9 Å². The number of aliphatic hydroxyl groups is 1. The fraction of sp³-hybridized carbons (Fsp3) is 0.465. The lowest BCUT2D eigenvalue weighted by Crippen LogP contribution is -2.49. The van der Waals surface area contributed by atoms with E-state index in [1.54, 1.807) is 19.3 Å². The Hall–Kier alpha value is -6.11. The first-order valence-corrected chi connectivity index (χ1v) is 21.5. The number of likely N-dealkylation sites (N-methyl/N-ethyl adjacent to an activating group) is 2. The molecule has 0 spiro atoms. The van der Waals surface area contributed by atoms with Crippen LogP contribution < -0.4 is 26.6 Å². The number of hydrogen-bond donors (Lipinski definition) is 9. The number of rotatable bonds is 24. The van der Waals surface area contributed by atoms with E-state index < -0.39 is 108 Å². The Labute approximate surface area is 387 Å². The van der Waals surface area contributed by atoms with Crippen LogP contribution in [0.4, 0.5) is 22.0 Å². The molecule has 67 heavy (non-hydrogen) atoms. The van der Waals surface area contributed by atoms with Crippen molar-refractivity contribution >= 4 is 53.3 Å². The van der Waals surface area contributed by atoms with Gasteiger partial charge in [-0.15, -0.1) is 11.8 Å². The molecule has 2 aromatic carbocycles. The third-order valence-corrected chi connectivity index (χ3v) is 11.0. The maximum absolute atomic E-state index is 15.1. The molecule has 0 bridgehead atoms. The second-order valence-electron chi connectivity index (χ2n) is 15.8. The first-order chi connectivity index (χ1) is 31.3. The number of alkyl halides is 3. The largest absolute Gasteiger partial charge is 0.490 e. The van der Waals surface area contributed by atoms with Crippen molar-refractivity contribution in [3.63, 3.8) is 0 Å². The second-order valence-corrected chi connectivity index (χ2v) is 17.0. The summed E-state index contributed by atoms with van der Waals surface area (Å²) >= 11 is 0.831. The number of thioether (sulfide) groups is 1. The van der Waals surface area contributed by atoms with Gasteiger partial charge in [0.25, 0.3) is 0 Å². The van der Waals surface area contributed by atoms with E-state index in [2.05, 4.69) is 26.6 Å². The predicted octanol–water partition coefficient (Wildman–Crippen LogP) is 2.60. The third kappa shape index (κ3) is 19.0. The number of aliphatic carboxylic acids is 3. The van der Waals surface area contributed by atoms with E-state index in [1.165, 1.54) is 11.9 Å². The van der Waals surface area contributed by atoms with Crippen molar-refractivity contribution in [1.82, 2.24) is 36.1 Å². The van der Waals surface area contributed by atoms with Gasteiger partial charge in [0.15, 0.2) is 0 Å². The van der Waals surface area contributed by atoms with Crippen molar-refractivity contribution < 1.29 is 75.9 Å². The number of carbonyl (C=O) groups is 7. The number of benzene rings is 2. The molecule has 0 aliphatic rings. The number of aromatic nitrogens is 1.